The first-order valence-electron chi connectivity index (χ1n) is 5.45. The first kappa shape index (κ1) is 13.4. The van der Waals surface area contributed by atoms with Gasteiger partial charge in [-0.15, -0.1) is 0 Å². The van der Waals surface area contributed by atoms with E-state index < -0.39 is 11.8 Å². The number of carboxylic acid groups (broad SMARTS) is 1. The molecule has 0 amide bonds. The number of aryl methyl sites for hydroxylation is 1. The maximum atomic E-state index is 13.4. The van der Waals surface area contributed by atoms with Crippen LogP contribution in [0.5, 0.6) is 11.8 Å². The first-order chi connectivity index (χ1) is 9.51. The second-order valence-electron chi connectivity index (χ2n) is 3.81. The van der Waals surface area contributed by atoms with Gasteiger partial charge in [0, 0.05) is 12.3 Å². The number of benzene rings is 1. The predicted octanol–water partition coefficient (Wildman–Crippen LogP) is 2.29. The Hall–Kier alpha value is -3.01. The quantitative estimate of drug-likeness (QED) is 0.921. The number of aromatic nitrogens is 2. The lowest BCUT2D eigenvalue weighted by Crippen LogP contribution is -2.04. The molecule has 2 aromatic rings. The van der Waals surface area contributed by atoms with Gasteiger partial charge < -0.3 is 9.84 Å². The second kappa shape index (κ2) is 5.32. The summed E-state index contributed by atoms with van der Waals surface area (Å²) in [5.41, 5.74) is 0.0932. The lowest BCUT2D eigenvalue weighted by atomic mass is 10.2. The number of halogens is 1. The van der Waals surface area contributed by atoms with Crippen LogP contribution in [0.25, 0.3) is 0 Å². The molecule has 0 bridgehead atoms. The summed E-state index contributed by atoms with van der Waals surface area (Å²) < 4.78 is 18.6. The van der Waals surface area contributed by atoms with Crippen LogP contribution in [-0.4, -0.2) is 21.0 Å². The molecule has 20 heavy (non-hydrogen) atoms. The van der Waals surface area contributed by atoms with Gasteiger partial charge in [0.25, 0.3) is 0 Å². The van der Waals surface area contributed by atoms with Crippen molar-refractivity contribution in [2.24, 2.45) is 0 Å². The highest BCUT2D eigenvalue weighted by atomic mass is 19.1. The molecule has 0 aliphatic heterocycles. The zero-order chi connectivity index (χ0) is 14.7. The summed E-state index contributed by atoms with van der Waals surface area (Å²) in [6.45, 7) is 1.50. The molecule has 0 aliphatic rings. The number of carbonyl (C=O) groups is 1. The highest BCUT2D eigenvalue weighted by molar-refractivity contribution is 5.88. The van der Waals surface area contributed by atoms with E-state index in [1.807, 2.05) is 0 Å². The molecule has 1 heterocycles. The fourth-order valence-electron chi connectivity index (χ4n) is 1.46. The second-order valence-corrected chi connectivity index (χ2v) is 3.81. The molecular weight excluding hydrogens is 265 g/mol. The molecule has 0 radical (unpaired) electrons. The number of nitrogens with zero attached hydrogens (tertiary/aromatic N) is 3. The molecule has 100 valence electrons. The van der Waals surface area contributed by atoms with Gasteiger partial charge in [-0.2, -0.15) is 10.2 Å². The molecule has 7 heteroatoms. The SMILES string of the molecule is Cc1nc(Oc2ccc(C#N)c(F)c2)ncc1C(=O)O. The number of ether oxygens (including phenoxy) is 1. The summed E-state index contributed by atoms with van der Waals surface area (Å²) >= 11 is 0. The van der Waals surface area contributed by atoms with E-state index in [0.717, 1.165) is 12.3 Å². The first-order valence-corrected chi connectivity index (χ1v) is 5.45. The molecular formula is C13H8FN3O3. The maximum Gasteiger partial charge on any atom is 0.339 e. The minimum atomic E-state index is -1.14. The molecule has 0 spiro atoms. The third-order valence-electron chi connectivity index (χ3n) is 2.46. The zero-order valence-corrected chi connectivity index (χ0v) is 10.3. The van der Waals surface area contributed by atoms with Crippen molar-refractivity contribution in [1.82, 2.24) is 9.97 Å². The molecule has 6 nitrogen and oxygen atoms in total. The van der Waals surface area contributed by atoms with Crippen LogP contribution < -0.4 is 4.74 Å². The van der Waals surface area contributed by atoms with Crippen molar-refractivity contribution in [3.8, 4) is 17.8 Å². The number of aromatic carboxylic acids is 1. The summed E-state index contributed by atoms with van der Waals surface area (Å²) in [5.74, 6) is -1.74. The minimum absolute atomic E-state index is 0.0386. The summed E-state index contributed by atoms with van der Waals surface area (Å²) in [5, 5.41) is 17.4. The Morgan fingerprint density at radius 2 is 2.25 bits per heavy atom. The fourth-order valence-corrected chi connectivity index (χ4v) is 1.46. The van der Waals surface area contributed by atoms with Gasteiger partial charge in [-0.25, -0.2) is 14.2 Å². The Bertz CT molecular complexity index is 725. The normalized spacial score (nSPS) is 9.85. The summed E-state index contributed by atoms with van der Waals surface area (Å²) in [6.07, 6.45) is 1.11. The minimum Gasteiger partial charge on any atom is -0.478 e. The van der Waals surface area contributed by atoms with Crippen LogP contribution in [0.4, 0.5) is 4.39 Å². The summed E-state index contributed by atoms with van der Waals surface area (Å²) in [6, 6.07) is 5.28. The third-order valence-corrected chi connectivity index (χ3v) is 2.46. The van der Waals surface area contributed by atoms with Crippen molar-refractivity contribution in [1.29, 1.82) is 5.26 Å². The van der Waals surface area contributed by atoms with Gasteiger partial charge in [0.15, 0.2) is 0 Å². The van der Waals surface area contributed by atoms with Crippen molar-refractivity contribution in [3.63, 3.8) is 0 Å². The van der Waals surface area contributed by atoms with Crippen LogP contribution in [0.1, 0.15) is 21.6 Å². The van der Waals surface area contributed by atoms with E-state index in [1.54, 1.807) is 6.07 Å². The average molecular weight is 273 g/mol. The third kappa shape index (κ3) is 2.70. The van der Waals surface area contributed by atoms with Gasteiger partial charge in [0.1, 0.15) is 17.6 Å². The fraction of sp³-hybridized carbons (Fsp3) is 0.0769. The van der Waals surface area contributed by atoms with E-state index in [1.165, 1.54) is 19.1 Å². The lowest BCUT2D eigenvalue weighted by Gasteiger charge is -2.06. The van der Waals surface area contributed by atoms with E-state index in [0.29, 0.717) is 0 Å². The van der Waals surface area contributed by atoms with E-state index in [4.69, 9.17) is 15.1 Å². The molecule has 0 atom stereocenters. The van der Waals surface area contributed by atoms with Crippen LogP contribution in [0.2, 0.25) is 0 Å². The molecule has 0 saturated heterocycles. The predicted molar refractivity (Wildman–Crippen MR) is 64.9 cm³/mol. The largest absolute Gasteiger partial charge is 0.478 e. The number of nitriles is 1. The Labute approximate surface area is 113 Å². The van der Waals surface area contributed by atoms with Crippen molar-refractivity contribution in [2.45, 2.75) is 6.92 Å². The molecule has 2 rings (SSSR count). The summed E-state index contributed by atoms with van der Waals surface area (Å²) in [7, 11) is 0. The molecule has 1 aromatic heterocycles. The highest BCUT2D eigenvalue weighted by Gasteiger charge is 2.11. The van der Waals surface area contributed by atoms with Crippen molar-refractivity contribution >= 4 is 5.97 Å². The van der Waals surface area contributed by atoms with E-state index in [9.17, 15) is 9.18 Å². The van der Waals surface area contributed by atoms with Gasteiger partial charge in [-0.1, -0.05) is 0 Å². The van der Waals surface area contributed by atoms with Crippen LogP contribution in [-0.2, 0) is 0 Å². The lowest BCUT2D eigenvalue weighted by molar-refractivity contribution is 0.0695. The molecule has 0 unspecified atom stereocenters. The number of rotatable bonds is 3. The topological polar surface area (TPSA) is 96.1 Å². The smallest absolute Gasteiger partial charge is 0.339 e. The maximum absolute atomic E-state index is 13.4. The average Bonchev–Trinajstić information content (AvgIpc) is 2.38. The Kier molecular flexibility index (Phi) is 3.57. The number of carboxylic acids is 1. The van der Waals surface area contributed by atoms with Gasteiger partial charge in [-0.3, -0.25) is 0 Å². The Balaban J connectivity index is 2.27. The molecule has 0 aliphatic carbocycles. The van der Waals surface area contributed by atoms with Gasteiger partial charge >= 0.3 is 12.0 Å². The van der Waals surface area contributed by atoms with E-state index >= 15 is 0 Å². The van der Waals surface area contributed by atoms with E-state index in [-0.39, 0.29) is 28.6 Å². The molecule has 0 fully saturated rings. The van der Waals surface area contributed by atoms with Crippen LogP contribution in [0, 0.1) is 24.1 Å². The van der Waals surface area contributed by atoms with Gasteiger partial charge in [0.2, 0.25) is 0 Å². The van der Waals surface area contributed by atoms with Crippen LogP contribution in [0.15, 0.2) is 24.4 Å². The standard InChI is InChI=1S/C13H8FN3O3/c1-7-10(12(18)19)6-16-13(17-7)20-9-3-2-8(5-15)11(14)4-9/h2-4,6H,1H3,(H,18,19). The number of hydrogen-bond donors (Lipinski definition) is 1. The Morgan fingerprint density at radius 3 is 2.80 bits per heavy atom. The van der Waals surface area contributed by atoms with Crippen molar-refractivity contribution in [3.05, 3.63) is 47.0 Å². The molecule has 1 aromatic carbocycles. The van der Waals surface area contributed by atoms with Crippen LogP contribution in [0.3, 0.4) is 0 Å². The number of hydrogen-bond acceptors (Lipinski definition) is 5. The van der Waals surface area contributed by atoms with Crippen LogP contribution >= 0.6 is 0 Å². The Morgan fingerprint density at radius 1 is 1.50 bits per heavy atom. The monoisotopic (exact) mass is 273 g/mol. The highest BCUT2D eigenvalue weighted by Crippen LogP contribution is 2.21. The van der Waals surface area contributed by atoms with Gasteiger partial charge in [-0.05, 0) is 19.1 Å². The van der Waals surface area contributed by atoms with Crippen molar-refractivity contribution < 1.29 is 19.0 Å². The van der Waals surface area contributed by atoms with Crippen molar-refractivity contribution in [2.75, 3.05) is 0 Å². The summed E-state index contributed by atoms with van der Waals surface area (Å²) in [4.78, 5) is 18.4. The molecule has 0 saturated carbocycles. The zero-order valence-electron chi connectivity index (χ0n) is 10.3. The van der Waals surface area contributed by atoms with E-state index in [2.05, 4.69) is 9.97 Å². The van der Waals surface area contributed by atoms with Gasteiger partial charge in [0.05, 0.1) is 16.8 Å². The molecule has 1 N–H and O–H groups in total.